The lowest BCUT2D eigenvalue weighted by Gasteiger charge is -2.24. The van der Waals surface area contributed by atoms with Crippen LogP contribution in [0.5, 0.6) is 0 Å². The van der Waals surface area contributed by atoms with Gasteiger partial charge in [-0.1, -0.05) is 193 Å². The lowest BCUT2D eigenvalue weighted by molar-refractivity contribution is -0.131. The molecule has 0 aliphatic carbocycles. The van der Waals surface area contributed by atoms with Crippen LogP contribution in [0.25, 0.3) is 0 Å². The van der Waals surface area contributed by atoms with Gasteiger partial charge in [0.25, 0.3) is 10.1 Å². The van der Waals surface area contributed by atoms with E-state index in [4.69, 9.17) is 0 Å². The number of nitrogens with one attached hydrogen (secondary N) is 1. The lowest BCUT2D eigenvalue weighted by atomic mass is 10.0. The highest BCUT2D eigenvalue weighted by Crippen LogP contribution is 2.16. The number of aliphatic hydroxyl groups is 2. The Labute approximate surface area is 304 Å². The van der Waals surface area contributed by atoms with Crippen LogP contribution in [0.4, 0.5) is 0 Å². The van der Waals surface area contributed by atoms with Gasteiger partial charge in [0.1, 0.15) is 6.10 Å². The van der Waals surface area contributed by atoms with Crippen LogP contribution in [-0.2, 0) is 14.9 Å². The molecule has 8 heteroatoms. The first-order valence-electron chi connectivity index (χ1n) is 21.0. The molecule has 0 aliphatic heterocycles. The maximum atomic E-state index is 12.6. The molecule has 4 N–H and O–H groups in total. The molecule has 0 heterocycles. The smallest absolute Gasteiger partial charge is 0.266 e. The van der Waals surface area contributed by atoms with Gasteiger partial charge in [-0.15, -0.1) is 0 Å². The molecule has 1 amide bonds. The summed E-state index contributed by atoms with van der Waals surface area (Å²) >= 11 is 0. The molecule has 0 fully saturated rings. The summed E-state index contributed by atoms with van der Waals surface area (Å²) in [4.78, 5) is 12.6. The summed E-state index contributed by atoms with van der Waals surface area (Å²) in [6.45, 7) is 4.50. The Bertz CT molecular complexity index is 849. The van der Waals surface area contributed by atoms with Crippen molar-refractivity contribution in [1.82, 2.24) is 5.32 Å². The molecular weight excluding hydrogens is 635 g/mol. The SMILES string of the molecule is CCCCCCCC/C=C\CCCCC(O)C(=O)NC(CS(=O)(=O)O)C(O)CCCCCCCCCCCCCCCCCCCCCC. The largest absolute Gasteiger partial charge is 0.391 e. The van der Waals surface area contributed by atoms with Crippen LogP contribution in [0.3, 0.4) is 0 Å². The summed E-state index contributed by atoms with van der Waals surface area (Å²) in [7, 11) is -4.41. The minimum atomic E-state index is -4.41. The van der Waals surface area contributed by atoms with Crippen LogP contribution in [-0.4, -0.2) is 53.1 Å². The van der Waals surface area contributed by atoms with E-state index in [9.17, 15) is 28.0 Å². The third kappa shape index (κ3) is 35.2. The van der Waals surface area contributed by atoms with Crippen LogP contribution in [0.15, 0.2) is 12.2 Å². The van der Waals surface area contributed by atoms with Crippen molar-refractivity contribution in [2.45, 2.75) is 238 Å². The highest BCUT2D eigenvalue weighted by atomic mass is 32.2. The van der Waals surface area contributed by atoms with Crippen molar-refractivity contribution in [2.24, 2.45) is 0 Å². The van der Waals surface area contributed by atoms with E-state index in [0.29, 0.717) is 19.3 Å². The molecule has 0 spiro atoms. The van der Waals surface area contributed by atoms with E-state index >= 15 is 0 Å². The number of carbonyl (C=O) groups excluding carboxylic acids is 1. The number of amides is 1. The molecule has 0 aromatic rings. The predicted molar refractivity (Wildman–Crippen MR) is 209 cm³/mol. The molecule has 0 saturated carbocycles. The average molecular weight is 716 g/mol. The third-order valence-electron chi connectivity index (χ3n) is 9.83. The van der Waals surface area contributed by atoms with Gasteiger partial charge < -0.3 is 15.5 Å². The first kappa shape index (κ1) is 48.0. The first-order chi connectivity index (χ1) is 23.7. The van der Waals surface area contributed by atoms with Gasteiger partial charge in [-0.25, -0.2) is 0 Å². The fourth-order valence-corrected chi connectivity index (χ4v) is 7.33. The number of aliphatic hydroxyl groups excluding tert-OH is 2. The van der Waals surface area contributed by atoms with E-state index in [1.54, 1.807) is 0 Å². The molecule has 292 valence electrons. The van der Waals surface area contributed by atoms with Crippen LogP contribution < -0.4 is 5.32 Å². The fraction of sp³-hybridized carbons (Fsp3) is 0.927. The van der Waals surface area contributed by atoms with E-state index in [1.807, 2.05) is 0 Å². The monoisotopic (exact) mass is 716 g/mol. The zero-order valence-corrected chi connectivity index (χ0v) is 33.0. The molecule has 7 nitrogen and oxygen atoms in total. The number of allylic oxidation sites excluding steroid dienone is 2. The molecule has 0 saturated heterocycles. The molecule has 0 aromatic heterocycles. The van der Waals surface area contributed by atoms with Crippen LogP contribution >= 0.6 is 0 Å². The minimum absolute atomic E-state index is 0.269. The van der Waals surface area contributed by atoms with Crippen molar-refractivity contribution < 1.29 is 28.0 Å². The Morgan fingerprint density at radius 3 is 1.24 bits per heavy atom. The molecule has 0 bridgehead atoms. The number of hydrogen-bond acceptors (Lipinski definition) is 5. The molecule has 0 aromatic carbocycles. The van der Waals surface area contributed by atoms with Gasteiger partial charge in [0.15, 0.2) is 0 Å². The van der Waals surface area contributed by atoms with Crippen molar-refractivity contribution in [2.75, 3.05) is 5.75 Å². The Morgan fingerprint density at radius 1 is 0.531 bits per heavy atom. The van der Waals surface area contributed by atoms with Crippen LogP contribution in [0.1, 0.15) is 219 Å². The number of unbranched alkanes of at least 4 members (excludes halogenated alkanes) is 27. The molecule has 3 atom stereocenters. The number of hydrogen-bond donors (Lipinski definition) is 4. The Balaban J connectivity index is 3.94. The van der Waals surface area contributed by atoms with Crippen molar-refractivity contribution in [3.8, 4) is 0 Å². The van der Waals surface area contributed by atoms with E-state index in [1.165, 1.54) is 141 Å². The van der Waals surface area contributed by atoms with E-state index in [-0.39, 0.29) is 6.42 Å². The third-order valence-corrected chi connectivity index (χ3v) is 10.6. The van der Waals surface area contributed by atoms with Crippen molar-refractivity contribution in [3.05, 3.63) is 12.2 Å². The summed E-state index contributed by atoms with van der Waals surface area (Å²) in [5, 5.41) is 23.5. The Hall–Kier alpha value is -0.960. The molecule has 0 aliphatic rings. The molecule has 3 unspecified atom stereocenters. The zero-order valence-electron chi connectivity index (χ0n) is 32.2. The van der Waals surface area contributed by atoms with Gasteiger partial charge in [0.05, 0.1) is 17.9 Å². The van der Waals surface area contributed by atoms with Crippen LogP contribution in [0, 0.1) is 0 Å². The van der Waals surface area contributed by atoms with Gasteiger partial charge in [-0.3, -0.25) is 9.35 Å². The maximum absolute atomic E-state index is 12.6. The van der Waals surface area contributed by atoms with E-state index in [2.05, 4.69) is 31.3 Å². The number of rotatable bonds is 38. The summed E-state index contributed by atoms with van der Waals surface area (Å²) in [5.41, 5.74) is 0. The van der Waals surface area contributed by atoms with Crippen molar-refractivity contribution in [3.63, 3.8) is 0 Å². The molecule has 49 heavy (non-hydrogen) atoms. The topological polar surface area (TPSA) is 124 Å². The summed E-state index contributed by atoms with van der Waals surface area (Å²) in [6, 6.07) is -1.15. The minimum Gasteiger partial charge on any atom is -0.391 e. The van der Waals surface area contributed by atoms with Gasteiger partial charge >= 0.3 is 0 Å². The summed E-state index contributed by atoms with van der Waals surface area (Å²) < 4.78 is 32.5. The second-order valence-electron chi connectivity index (χ2n) is 14.8. The highest BCUT2D eigenvalue weighted by Gasteiger charge is 2.28. The summed E-state index contributed by atoms with van der Waals surface area (Å²) in [5.74, 6) is -1.47. The maximum Gasteiger partial charge on any atom is 0.266 e. The normalized spacial score (nSPS) is 14.0. The van der Waals surface area contributed by atoms with Crippen LogP contribution in [0.2, 0.25) is 0 Å². The lowest BCUT2D eigenvalue weighted by Crippen LogP contribution is -2.50. The molecular formula is C41H81NO6S. The van der Waals surface area contributed by atoms with E-state index in [0.717, 1.165) is 38.5 Å². The zero-order chi connectivity index (χ0) is 36.3. The quantitative estimate of drug-likeness (QED) is 0.0286. The number of carbonyl (C=O) groups is 1. The highest BCUT2D eigenvalue weighted by molar-refractivity contribution is 7.85. The summed E-state index contributed by atoms with van der Waals surface area (Å²) in [6.07, 6.45) is 39.5. The molecule has 0 radical (unpaired) electrons. The molecule has 0 rings (SSSR count). The second-order valence-corrected chi connectivity index (χ2v) is 16.3. The van der Waals surface area contributed by atoms with Gasteiger partial charge in [0.2, 0.25) is 5.91 Å². The van der Waals surface area contributed by atoms with Crippen molar-refractivity contribution in [1.29, 1.82) is 0 Å². The van der Waals surface area contributed by atoms with Gasteiger partial charge in [-0.05, 0) is 38.5 Å². The Kier molecular flexibility index (Phi) is 34.7. The fourth-order valence-electron chi connectivity index (χ4n) is 6.57. The Morgan fingerprint density at radius 2 is 0.857 bits per heavy atom. The second kappa shape index (κ2) is 35.4. The predicted octanol–water partition coefficient (Wildman–Crippen LogP) is 11.2. The standard InChI is InChI=1S/C41H81NO6S/c1-3-5-7-9-11-13-15-17-18-19-20-21-22-23-24-26-27-29-31-33-35-39(43)38(37-49(46,47)48)42-41(45)40(44)36-34-32-30-28-25-16-14-12-10-8-6-4-2/h25,28,38-40,43-44H,3-24,26-27,29-37H2,1-2H3,(H,42,45)(H,46,47,48)/b28-25-. The first-order valence-corrected chi connectivity index (χ1v) is 22.6. The average Bonchev–Trinajstić information content (AvgIpc) is 3.06. The van der Waals surface area contributed by atoms with Gasteiger partial charge in [0, 0.05) is 0 Å². The van der Waals surface area contributed by atoms with Gasteiger partial charge in [-0.2, -0.15) is 8.42 Å². The van der Waals surface area contributed by atoms with Crippen molar-refractivity contribution >= 4 is 16.0 Å². The van der Waals surface area contributed by atoms with E-state index < -0.39 is 40.0 Å².